The molecule has 0 aliphatic heterocycles. The molecule has 3 aromatic carbocycles. The van der Waals surface area contributed by atoms with E-state index in [1.54, 1.807) is 0 Å². The van der Waals surface area contributed by atoms with E-state index in [0.717, 1.165) is 40.1 Å². The highest BCUT2D eigenvalue weighted by atomic mass is 16.5. The maximum absolute atomic E-state index is 13.3. The lowest BCUT2D eigenvalue weighted by molar-refractivity contribution is 0.0977. The number of Topliss-reactive ketones (excluding diaryl/α,β-unsaturated/α-hetero) is 1. The Bertz CT molecular complexity index is 902. The fourth-order valence-electron chi connectivity index (χ4n) is 3.77. The zero-order chi connectivity index (χ0) is 21.5. The highest BCUT2D eigenvalue weighted by Crippen LogP contribution is 2.31. The van der Waals surface area contributed by atoms with Crippen LogP contribution < -0.4 is 4.74 Å². The quantitative estimate of drug-likeness (QED) is 0.434. The number of ether oxygens (including phenoxy) is 1. The lowest BCUT2D eigenvalue weighted by Gasteiger charge is -2.19. The van der Waals surface area contributed by atoms with Crippen LogP contribution >= 0.6 is 0 Å². The van der Waals surface area contributed by atoms with Crippen molar-refractivity contribution in [1.29, 1.82) is 0 Å². The summed E-state index contributed by atoms with van der Waals surface area (Å²) in [5.74, 6) is 1.08. The van der Waals surface area contributed by atoms with Gasteiger partial charge in [-0.15, -0.1) is 0 Å². The van der Waals surface area contributed by atoms with Crippen LogP contribution in [0.15, 0.2) is 72.8 Å². The first-order valence-electron chi connectivity index (χ1n) is 10.5. The van der Waals surface area contributed by atoms with Crippen molar-refractivity contribution in [2.45, 2.75) is 26.2 Å². The molecule has 0 radical (unpaired) electrons. The van der Waals surface area contributed by atoms with E-state index in [2.05, 4.69) is 29.2 Å². The molecule has 0 saturated heterocycles. The van der Waals surface area contributed by atoms with E-state index >= 15 is 0 Å². The molecule has 30 heavy (non-hydrogen) atoms. The SMILES string of the molecule is Cc1cc(C(=O)CC(c2ccccc2)c2ccccc2)cc(C)c1OCCN(C)C. The molecule has 3 heteroatoms. The zero-order valence-electron chi connectivity index (χ0n) is 18.4. The molecule has 0 aliphatic carbocycles. The van der Waals surface area contributed by atoms with Crippen molar-refractivity contribution in [3.8, 4) is 5.75 Å². The Hall–Kier alpha value is -2.91. The van der Waals surface area contributed by atoms with E-state index in [9.17, 15) is 4.79 Å². The Labute approximate surface area is 180 Å². The summed E-state index contributed by atoms with van der Waals surface area (Å²) in [6.45, 7) is 5.52. The van der Waals surface area contributed by atoms with Gasteiger partial charge in [0.2, 0.25) is 0 Å². The van der Waals surface area contributed by atoms with Crippen LogP contribution in [0.1, 0.15) is 45.0 Å². The minimum absolute atomic E-state index is 0.0385. The molecule has 0 heterocycles. The van der Waals surface area contributed by atoms with Gasteiger partial charge in [-0.05, 0) is 62.3 Å². The average molecular weight is 402 g/mol. The highest BCUT2D eigenvalue weighted by Gasteiger charge is 2.20. The molecule has 0 unspecified atom stereocenters. The van der Waals surface area contributed by atoms with Crippen molar-refractivity contribution in [3.63, 3.8) is 0 Å². The van der Waals surface area contributed by atoms with Gasteiger partial charge in [0.15, 0.2) is 5.78 Å². The topological polar surface area (TPSA) is 29.5 Å². The van der Waals surface area contributed by atoms with E-state index < -0.39 is 0 Å². The lowest BCUT2D eigenvalue weighted by Crippen LogP contribution is -2.20. The average Bonchev–Trinajstić information content (AvgIpc) is 2.74. The maximum atomic E-state index is 13.3. The second kappa shape index (κ2) is 10.2. The standard InChI is InChI=1S/C27H31NO2/c1-20-17-24(18-21(2)27(20)30-16-15-28(3)4)26(29)19-25(22-11-7-5-8-12-22)23-13-9-6-10-14-23/h5-14,17-18,25H,15-16,19H2,1-4H3. The minimum atomic E-state index is 0.0385. The third kappa shape index (κ3) is 5.58. The van der Waals surface area contributed by atoms with Gasteiger partial charge < -0.3 is 9.64 Å². The number of likely N-dealkylation sites (N-methyl/N-ethyl adjacent to an activating group) is 1. The van der Waals surface area contributed by atoms with Gasteiger partial charge in [0.1, 0.15) is 12.4 Å². The van der Waals surface area contributed by atoms with Gasteiger partial charge in [-0.1, -0.05) is 60.7 Å². The number of hydrogen-bond donors (Lipinski definition) is 0. The molecule has 0 spiro atoms. The van der Waals surface area contributed by atoms with Gasteiger partial charge in [0, 0.05) is 24.4 Å². The van der Waals surface area contributed by atoms with Crippen LogP contribution in [0.4, 0.5) is 0 Å². The monoisotopic (exact) mass is 401 g/mol. The first-order chi connectivity index (χ1) is 14.5. The third-order valence-corrected chi connectivity index (χ3v) is 5.36. The van der Waals surface area contributed by atoms with Gasteiger partial charge in [-0.2, -0.15) is 0 Å². The Morgan fingerprint density at radius 2 is 1.37 bits per heavy atom. The fraction of sp³-hybridized carbons (Fsp3) is 0.296. The smallest absolute Gasteiger partial charge is 0.163 e. The van der Waals surface area contributed by atoms with Crippen molar-refractivity contribution < 1.29 is 9.53 Å². The van der Waals surface area contributed by atoms with Crippen molar-refractivity contribution >= 4 is 5.78 Å². The maximum Gasteiger partial charge on any atom is 0.163 e. The third-order valence-electron chi connectivity index (χ3n) is 5.36. The van der Waals surface area contributed by atoms with E-state index in [1.165, 1.54) is 0 Å². The molecule has 0 saturated carbocycles. The Kier molecular flexibility index (Phi) is 7.42. The van der Waals surface area contributed by atoms with Crippen LogP contribution in [-0.2, 0) is 0 Å². The summed E-state index contributed by atoms with van der Waals surface area (Å²) in [6, 6.07) is 24.5. The summed E-state index contributed by atoms with van der Waals surface area (Å²) in [5, 5.41) is 0. The summed E-state index contributed by atoms with van der Waals surface area (Å²) in [7, 11) is 4.06. The molecular weight excluding hydrogens is 370 g/mol. The first kappa shape index (κ1) is 21.8. The highest BCUT2D eigenvalue weighted by molar-refractivity contribution is 5.97. The summed E-state index contributed by atoms with van der Waals surface area (Å²) in [5.41, 5.74) is 5.09. The number of benzene rings is 3. The van der Waals surface area contributed by atoms with E-state index in [0.29, 0.717) is 13.0 Å². The van der Waals surface area contributed by atoms with Crippen molar-refractivity contribution in [1.82, 2.24) is 4.90 Å². The Morgan fingerprint density at radius 1 is 0.867 bits per heavy atom. The molecule has 3 rings (SSSR count). The van der Waals surface area contributed by atoms with Crippen LogP contribution in [0, 0.1) is 13.8 Å². The van der Waals surface area contributed by atoms with Crippen molar-refractivity contribution in [3.05, 3.63) is 101 Å². The number of rotatable bonds is 9. The molecule has 3 aromatic rings. The van der Waals surface area contributed by atoms with Crippen LogP contribution in [0.2, 0.25) is 0 Å². The van der Waals surface area contributed by atoms with Crippen molar-refractivity contribution in [2.75, 3.05) is 27.2 Å². The van der Waals surface area contributed by atoms with Gasteiger partial charge in [0.25, 0.3) is 0 Å². The van der Waals surface area contributed by atoms with Crippen LogP contribution in [0.25, 0.3) is 0 Å². The minimum Gasteiger partial charge on any atom is -0.492 e. The van der Waals surface area contributed by atoms with Crippen LogP contribution in [0.5, 0.6) is 5.75 Å². The number of nitrogens with zero attached hydrogens (tertiary/aromatic N) is 1. The zero-order valence-corrected chi connectivity index (χ0v) is 18.4. The largest absolute Gasteiger partial charge is 0.492 e. The second-order valence-corrected chi connectivity index (χ2v) is 8.09. The Morgan fingerprint density at radius 3 is 1.83 bits per heavy atom. The summed E-state index contributed by atoms with van der Waals surface area (Å²) < 4.78 is 5.98. The summed E-state index contributed by atoms with van der Waals surface area (Å²) >= 11 is 0. The van der Waals surface area contributed by atoms with Gasteiger partial charge in [-0.3, -0.25) is 4.79 Å². The van der Waals surface area contributed by atoms with Gasteiger partial charge in [0.05, 0.1) is 0 Å². The molecule has 0 bridgehead atoms. The summed E-state index contributed by atoms with van der Waals surface area (Å²) in [4.78, 5) is 15.4. The normalized spacial score (nSPS) is 11.1. The molecule has 156 valence electrons. The van der Waals surface area contributed by atoms with Gasteiger partial charge >= 0.3 is 0 Å². The second-order valence-electron chi connectivity index (χ2n) is 8.09. The first-order valence-corrected chi connectivity index (χ1v) is 10.5. The molecule has 0 aromatic heterocycles. The summed E-state index contributed by atoms with van der Waals surface area (Å²) in [6.07, 6.45) is 0.438. The predicted octanol–water partition coefficient (Wildman–Crippen LogP) is 5.65. The van der Waals surface area contributed by atoms with E-state index in [4.69, 9.17) is 4.74 Å². The van der Waals surface area contributed by atoms with Crippen LogP contribution in [0.3, 0.4) is 0 Å². The van der Waals surface area contributed by atoms with Crippen LogP contribution in [-0.4, -0.2) is 37.9 Å². The molecule has 0 N–H and O–H groups in total. The number of carbonyl (C=O) groups excluding carboxylic acids is 1. The number of hydrogen-bond acceptors (Lipinski definition) is 3. The number of ketones is 1. The molecule has 0 fully saturated rings. The fourth-order valence-corrected chi connectivity index (χ4v) is 3.77. The Balaban J connectivity index is 1.82. The number of aryl methyl sites for hydroxylation is 2. The predicted molar refractivity (Wildman–Crippen MR) is 124 cm³/mol. The number of carbonyl (C=O) groups is 1. The molecule has 0 atom stereocenters. The van der Waals surface area contributed by atoms with Gasteiger partial charge in [-0.25, -0.2) is 0 Å². The molecular formula is C27H31NO2. The molecule has 0 aliphatic rings. The van der Waals surface area contributed by atoms with Crippen molar-refractivity contribution in [2.24, 2.45) is 0 Å². The lowest BCUT2D eigenvalue weighted by atomic mass is 9.85. The molecule has 3 nitrogen and oxygen atoms in total. The van der Waals surface area contributed by atoms with E-state index in [-0.39, 0.29) is 11.7 Å². The molecule has 0 amide bonds. The van der Waals surface area contributed by atoms with E-state index in [1.807, 2.05) is 76.5 Å².